The number of amides is 2. The third kappa shape index (κ3) is 3.02. The van der Waals surface area contributed by atoms with E-state index >= 15 is 0 Å². The molecule has 2 heterocycles. The second kappa shape index (κ2) is 6.91. The van der Waals surface area contributed by atoms with E-state index in [1.165, 1.54) is 21.6 Å². The molecule has 1 aliphatic carbocycles. The van der Waals surface area contributed by atoms with E-state index < -0.39 is 0 Å². The molecular weight excluding hydrogens is 368 g/mol. The fourth-order valence-electron chi connectivity index (χ4n) is 4.02. The Balaban J connectivity index is 1.34. The van der Waals surface area contributed by atoms with Crippen LogP contribution in [0, 0.1) is 0 Å². The highest BCUT2D eigenvalue weighted by molar-refractivity contribution is 7.17. The molecule has 0 unspecified atom stereocenters. The fraction of sp³-hybridized carbons (Fsp3) is 0.217. The number of rotatable bonds is 3. The van der Waals surface area contributed by atoms with Gasteiger partial charge in [-0.05, 0) is 66.3 Å². The maximum atomic E-state index is 12.8. The topological polar surface area (TPSA) is 49.4 Å². The van der Waals surface area contributed by atoms with Crippen LogP contribution >= 0.6 is 11.3 Å². The number of aryl methyl sites for hydroxylation is 2. The number of hydrogen-bond acceptors (Lipinski definition) is 3. The van der Waals surface area contributed by atoms with E-state index in [4.69, 9.17) is 0 Å². The van der Waals surface area contributed by atoms with Gasteiger partial charge in [0.2, 0.25) is 5.91 Å². The van der Waals surface area contributed by atoms with Gasteiger partial charge >= 0.3 is 0 Å². The lowest BCUT2D eigenvalue weighted by atomic mass is 9.91. The molecule has 1 aliphatic heterocycles. The van der Waals surface area contributed by atoms with Crippen molar-refractivity contribution in [2.75, 3.05) is 16.8 Å². The molecule has 5 rings (SSSR count). The zero-order valence-corrected chi connectivity index (χ0v) is 16.2. The van der Waals surface area contributed by atoms with Crippen LogP contribution in [0.3, 0.4) is 0 Å². The predicted octanol–water partition coefficient (Wildman–Crippen LogP) is 4.89. The average Bonchev–Trinajstić information content (AvgIpc) is 3.35. The van der Waals surface area contributed by atoms with E-state index in [1.54, 1.807) is 16.2 Å². The van der Waals surface area contributed by atoms with Crippen LogP contribution in [-0.4, -0.2) is 18.4 Å². The first kappa shape index (κ1) is 17.2. The molecule has 28 heavy (non-hydrogen) atoms. The number of carbonyl (C=O) groups is 2. The molecule has 1 aromatic heterocycles. The van der Waals surface area contributed by atoms with E-state index in [0.717, 1.165) is 42.1 Å². The van der Waals surface area contributed by atoms with Gasteiger partial charge in [0, 0.05) is 29.2 Å². The van der Waals surface area contributed by atoms with Gasteiger partial charge in [-0.3, -0.25) is 9.59 Å². The summed E-state index contributed by atoms with van der Waals surface area (Å²) in [4.78, 5) is 28.4. The summed E-state index contributed by atoms with van der Waals surface area (Å²) < 4.78 is 0. The molecule has 3 aromatic rings. The normalized spacial score (nSPS) is 15.3. The number of anilines is 2. The van der Waals surface area contributed by atoms with Crippen LogP contribution in [-0.2, 0) is 17.6 Å². The minimum atomic E-state index is -0.0816. The first-order valence-electron chi connectivity index (χ1n) is 9.62. The molecule has 1 fully saturated rings. The highest BCUT2D eigenvalue weighted by Gasteiger charge is 2.23. The van der Waals surface area contributed by atoms with Crippen molar-refractivity contribution in [1.29, 1.82) is 0 Å². The Hall–Kier alpha value is -2.92. The van der Waals surface area contributed by atoms with E-state index in [1.807, 2.05) is 30.3 Å². The molecule has 4 nitrogen and oxygen atoms in total. The third-order valence-corrected chi connectivity index (χ3v) is 6.68. The molecular formula is C23H20N2O2S. The Morgan fingerprint density at radius 2 is 1.75 bits per heavy atom. The standard InChI is InChI=1S/C23H20N2O2S/c26-21-6-3-13-25(21)18-11-9-17(10-12-18)24-23(27)20-14-16-8-7-15-4-1-2-5-19(15)22(16)28-20/h1-2,4-5,9-12,14H,3,6-8,13H2,(H,24,27). The molecule has 2 aromatic carbocycles. The molecule has 0 spiro atoms. The van der Waals surface area contributed by atoms with Crippen molar-refractivity contribution in [3.8, 4) is 10.4 Å². The number of hydrogen-bond donors (Lipinski definition) is 1. The summed E-state index contributed by atoms with van der Waals surface area (Å²) in [6, 6.07) is 18.0. The number of benzene rings is 2. The van der Waals surface area contributed by atoms with Crippen molar-refractivity contribution in [2.45, 2.75) is 25.7 Å². The van der Waals surface area contributed by atoms with Crippen LogP contribution in [0.2, 0.25) is 0 Å². The van der Waals surface area contributed by atoms with Crippen molar-refractivity contribution >= 4 is 34.5 Å². The van der Waals surface area contributed by atoms with Crippen molar-refractivity contribution in [3.05, 3.63) is 70.6 Å². The van der Waals surface area contributed by atoms with Crippen LogP contribution in [0.15, 0.2) is 54.6 Å². The number of fused-ring (bicyclic) bond motifs is 3. The van der Waals surface area contributed by atoms with Gasteiger partial charge in [-0.2, -0.15) is 0 Å². The van der Waals surface area contributed by atoms with E-state index in [2.05, 4.69) is 29.6 Å². The summed E-state index contributed by atoms with van der Waals surface area (Å²) in [7, 11) is 0. The van der Waals surface area contributed by atoms with Gasteiger partial charge < -0.3 is 10.2 Å². The van der Waals surface area contributed by atoms with Crippen LogP contribution < -0.4 is 10.2 Å². The number of nitrogens with one attached hydrogen (secondary N) is 1. The minimum absolute atomic E-state index is 0.0816. The SMILES string of the molecule is O=C(Nc1ccc(N2CCCC2=O)cc1)c1cc2c(s1)-c1ccccc1CC2. The maximum absolute atomic E-state index is 12.8. The van der Waals surface area contributed by atoms with Gasteiger partial charge in [0.05, 0.1) is 4.88 Å². The van der Waals surface area contributed by atoms with Crippen molar-refractivity contribution in [3.63, 3.8) is 0 Å². The maximum Gasteiger partial charge on any atom is 0.265 e. The summed E-state index contributed by atoms with van der Waals surface area (Å²) in [6.45, 7) is 0.771. The van der Waals surface area contributed by atoms with Gasteiger partial charge in [0.25, 0.3) is 5.91 Å². The third-order valence-electron chi connectivity index (χ3n) is 5.47. The second-order valence-electron chi connectivity index (χ2n) is 7.27. The molecule has 0 atom stereocenters. The molecule has 0 saturated carbocycles. The molecule has 2 amide bonds. The largest absolute Gasteiger partial charge is 0.321 e. The Morgan fingerprint density at radius 1 is 0.964 bits per heavy atom. The van der Waals surface area contributed by atoms with Gasteiger partial charge in [-0.15, -0.1) is 11.3 Å². The number of carbonyl (C=O) groups excluding carboxylic acids is 2. The lowest BCUT2D eigenvalue weighted by Gasteiger charge is -2.16. The Morgan fingerprint density at radius 3 is 2.54 bits per heavy atom. The monoisotopic (exact) mass is 388 g/mol. The zero-order valence-electron chi connectivity index (χ0n) is 15.4. The summed E-state index contributed by atoms with van der Waals surface area (Å²) in [6.07, 6.45) is 3.53. The van der Waals surface area contributed by atoms with Gasteiger partial charge in [0.1, 0.15) is 0 Å². The van der Waals surface area contributed by atoms with Crippen LogP contribution in [0.25, 0.3) is 10.4 Å². The van der Waals surface area contributed by atoms with Crippen LogP contribution in [0.4, 0.5) is 11.4 Å². The van der Waals surface area contributed by atoms with Gasteiger partial charge in [-0.1, -0.05) is 24.3 Å². The van der Waals surface area contributed by atoms with Crippen LogP contribution in [0.1, 0.15) is 33.6 Å². The summed E-state index contributed by atoms with van der Waals surface area (Å²) in [5, 5.41) is 2.99. The molecule has 140 valence electrons. The molecule has 1 N–H and O–H groups in total. The summed E-state index contributed by atoms with van der Waals surface area (Å²) in [5.74, 6) is 0.0862. The summed E-state index contributed by atoms with van der Waals surface area (Å²) in [5.41, 5.74) is 5.51. The molecule has 2 aliphatic rings. The first-order chi connectivity index (χ1) is 13.7. The van der Waals surface area contributed by atoms with E-state index in [0.29, 0.717) is 6.42 Å². The first-order valence-corrected chi connectivity index (χ1v) is 10.4. The van der Waals surface area contributed by atoms with E-state index in [-0.39, 0.29) is 11.8 Å². The molecule has 5 heteroatoms. The molecule has 1 saturated heterocycles. The highest BCUT2D eigenvalue weighted by Crippen LogP contribution is 2.39. The lowest BCUT2D eigenvalue weighted by Crippen LogP contribution is -2.23. The number of thiophene rings is 1. The Kier molecular flexibility index (Phi) is 4.24. The smallest absolute Gasteiger partial charge is 0.265 e. The highest BCUT2D eigenvalue weighted by atomic mass is 32.1. The van der Waals surface area contributed by atoms with Crippen molar-refractivity contribution in [2.24, 2.45) is 0 Å². The average molecular weight is 388 g/mol. The fourth-order valence-corrected chi connectivity index (χ4v) is 5.19. The van der Waals surface area contributed by atoms with Crippen molar-refractivity contribution in [1.82, 2.24) is 0 Å². The van der Waals surface area contributed by atoms with Crippen LogP contribution in [0.5, 0.6) is 0 Å². The Bertz CT molecular complexity index is 1070. The lowest BCUT2D eigenvalue weighted by molar-refractivity contribution is -0.117. The molecule has 0 bridgehead atoms. The van der Waals surface area contributed by atoms with E-state index in [9.17, 15) is 9.59 Å². The summed E-state index contributed by atoms with van der Waals surface area (Å²) >= 11 is 1.56. The number of nitrogens with zero attached hydrogens (tertiary/aromatic N) is 1. The Labute approximate surface area is 167 Å². The van der Waals surface area contributed by atoms with Gasteiger partial charge in [0.15, 0.2) is 0 Å². The minimum Gasteiger partial charge on any atom is -0.321 e. The molecule has 0 radical (unpaired) electrons. The quantitative estimate of drug-likeness (QED) is 0.694. The van der Waals surface area contributed by atoms with Crippen molar-refractivity contribution < 1.29 is 9.59 Å². The van der Waals surface area contributed by atoms with Gasteiger partial charge in [-0.25, -0.2) is 0 Å². The second-order valence-corrected chi connectivity index (χ2v) is 8.32. The zero-order chi connectivity index (χ0) is 19.1. The predicted molar refractivity (Wildman–Crippen MR) is 113 cm³/mol.